The van der Waals surface area contributed by atoms with Crippen LogP contribution in [0.3, 0.4) is 0 Å². The van der Waals surface area contributed by atoms with Crippen LogP contribution in [0.25, 0.3) is 0 Å². The van der Waals surface area contributed by atoms with Crippen LogP contribution in [-0.2, 0) is 11.3 Å². The number of nitrogens with zero attached hydrogens (tertiary/aromatic N) is 3. The Hall–Kier alpha value is -0.980. The second kappa shape index (κ2) is 7.15. The van der Waals surface area contributed by atoms with Crippen LogP contribution in [0.15, 0.2) is 4.52 Å². The predicted octanol–water partition coefficient (Wildman–Crippen LogP) is 1.62. The molecule has 0 radical (unpaired) electrons. The van der Waals surface area contributed by atoms with E-state index >= 15 is 0 Å². The van der Waals surface area contributed by atoms with E-state index in [-0.39, 0.29) is 12.7 Å². The Morgan fingerprint density at radius 3 is 2.90 bits per heavy atom. The van der Waals surface area contributed by atoms with Gasteiger partial charge in [-0.3, -0.25) is 4.90 Å². The molecule has 2 heterocycles. The summed E-state index contributed by atoms with van der Waals surface area (Å²) in [5.41, 5.74) is 0. The summed E-state index contributed by atoms with van der Waals surface area (Å²) in [6.45, 7) is 9.63. The fraction of sp³-hybridized carbons (Fsp3) is 0.857. The molecule has 20 heavy (non-hydrogen) atoms. The van der Waals surface area contributed by atoms with E-state index in [0.29, 0.717) is 36.7 Å². The zero-order chi connectivity index (χ0) is 14.5. The average molecular weight is 283 g/mol. The summed E-state index contributed by atoms with van der Waals surface area (Å²) in [6.07, 6.45) is 0.893. The summed E-state index contributed by atoms with van der Waals surface area (Å²) in [6, 6.07) is 0. The molecule has 1 aromatic rings. The lowest BCUT2D eigenvalue weighted by Gasteiger charge is -2.12. The molecule has 2 unspecified atom stereocenters. The standard InChI is InChI=1S/C14H25N3O3/c1-10(2)9-19-11(3)14-15-13(20-16-14)7-17-5-4-12(6-17)8-18/h10-12,18H,4-9H2,1-3H3. The Morgan fingerprint density at radius 2 is 2.25 bits per heavy atom. The molecule has 1 aromatic heterocycles. The zero-order valence-electron chi connectivity index (χ0n) is 12.6. The average Bonchev–Trinajstić information content (AvgIpc) is 3.05. The quantitative estimate of drug-likeness (QED) is 0.820. The smallest absolute Gasteiger partial charge is 0.240 e. The van der Waals surface area contributed by atoms with Crippen LogP contribution in [0.2, 0.25) is 0 Å². The van der Waals surface area contributed by atoms with Gasteiger partial charge in [-0.25, -0.2) is 0 Å². The highest BCUT2D eigenvalue weighted by molar-refractivity contribution is 4.91. The van der Waals surface area contributed by atoms with E-state index in [9.17, 15) is 0 Å². The second-order valence-corrected chi connectivity index (χ2v) is 5.99. The van der Waals surface area contributed by atoms with Crippen LogP contribution in [0.5, 0.6) is 0 Å². The lowest BCUT2D eigenvalue weighted by atomic mass is 10.1. The minimum Gasteiger partial charge on any atom is -0.396 e. The maximum atomic E-state index is 9.14. The molecule has 6 heteroatoms. The molecule has 1 aliphatic heterocycles. The second-order valence-electron chi connectivity index (χ2n) is 5.99. The first-order valence-corrected chi connectivity index (χ1v) is 7.35. The van der Waals surface area contributed by atoms with E-state index in [2.05, 4.69) is 28.9 Å². The van der Waals surface area contributed by atoms with Gasteiger partial charge in [-0.2, -0.15) is 4.98 Å². The van der Waals surface area contributed by atoms with E-state index in [0.717, 1.165) is 19.5 Å². The van der Waals surface area contributed by atoms with Crippen molar-refractivity contribution in [3.05, 3.63) is 11.7 Å². The molecular formula is C14H25N3O3. The van der Waals surface area contributed by atoms with Gasteiger partial charge in [-0.1, -0.05) is 19.0 Å². The number of aromatic nitrogens is 2. The number of ether oxygens (including phenoxy) is 1. The first-order chi connectivity index (χ1) is 9.58. The number of aliphatic hydroxyl groups is 1. The van der Waals surface area contributed by atoms with E-state index < -0.39 is 0 Å². The lowest BCUT2D eigenvalue weighted by Crippen LogP contribution is -2.21. The highest BCUT2D eigenvalue weighted by Crippen LogP contribution is 2.19. The molecule has 2 rings (SSSR count). The van der Waals surface area contributed by atoms with Gasteiger partial charge in [0, 0.05) is 19.8 Å². The Morgan fingerprint density at radius 1 is 1.45 bits per heavy atom. The third kappa shape index (κ3) is 4.26. The number of rotatable bonds is 7. The monoisotopic (exact) mass is 283 g/mol. The number of aliphatic hydroxyl groups excluding tert-OH is 1. The van der Waals surface area contributed by atoms with Crippen molar-refractivity contribution in [1.82, 2.24) is 15.0 Å². The number of hydrogen-bond acceptors (Lipinski definition) is 6. The topological polar surface area (TPSA) is 71.6 Å². The fourth-order valence-electron chi connectivity index (χ4n) is 2.31. The van der Waals surface area contributed by atoms with E-state index in [1.54, 1.807) is 0 Å². The van der Waals surface area contributed by atoms with Crippen LogP contribution in [0, 0.1) is 11.8 Å². The van der Waals surface area contributed by atoms with Gasteiger partial charge in [0.2, 0.25) is 5.89 Å². The largest absolute Gasteiger partial charge is 0.396 e. The summed E-state index contributed by atoms with van der Waals surface area (Å²) in [5, 5.41) is 13.1. The van der Waals surface area contributed by atoms with Crippen molar-refractivity contribution in [2.75, 3.05) is 26.3 Å². The maximum Gasteiger partial charge on any atom is 0.240 e. The normalized spacial score (nSPS) is 21.8. The van der Waals surface area contributed by atoms with Crippen LogP contribution in [-0.4, -0.2) is 46.5 Å². The molecule has 1 aliphatic rings. The lowest BCUT2D eigenvalue weighted by molar-refractivity contribution is 0.0402. The molecule has 0 saturated carbocycles. The molecule has 0 amide bonds. The summed E-state index contributed by atoms with van der Waals surface area (Å²) in [5.74, 6) is 2.10. The van der Waals surface area contributed by atoms with Crippen LogP contribution >= 0.6 is 0 Å². The van der Waals surface area contributed by atoms with Crippen LogP contribution < -0.4 is 0 Å². The predicted molar refractivity (Wildman–Crippen MR) is 74.0 cm³/mol. The summed E-state index contributed by atoms with van der Waals surface area (Å²) < 4.78 is 11.0. The Bertz CT molecular complexity index is 408. The van der Waals surface area contributed by atoms with Gasteiger partial charge in [0.15, 0.2) is 5.82 Å². The number of likely N-dealkylation sites (tertiary alicyclic amines) is 1. The Balaban J connectivity index is 1.83. The van der Waals surface area contributed by atoms with Gasteiger partial charge in [0.05, 0.1) is 6.54 Å². The molecule has 0 spiro atoms. The zero-order valence-corrected chi connectivity index (χ0v) is 12.6. The molecule has 2 atom stereocenters. The van der Waals surface area contributed by atoms with Crippen molar-refractivity contribution in [3.63, 3.8) is 0 Å². The van der Waals surface area contributed by atoms with E-state index in [1.807, 2.05) is 6.92 Å². The third-order valence-electron chi connectivity index (χ3n) is 3.51. The van der Waals surface area contributed by atoms with Crippen molar-refractivity contribution in [3.8, 4) is 0 Å². The molecular weight excluding hydrogens is 258 g/mol. The highest BCUT2D eigenvalue weighted by atomic mass is 16.5. The fourth-order valence-corrected chi connectivity index (χ4v) is 2.31. The maximum absolute atomic E-state index is 9.14. The van der Waals surface area contributed by atoms with Crippen molar-refractivity contribution in [1.29, 1.82) is 0 Å². The van der Waals surface area contributed by atoms with Gasteiger partial charge >= 0.3 is 0 Å². The molecule has 1 N–H and O–H groups in total. The van der Waals surface area contributed by atoms with Crippen LogP contribution in [0.1, 0.15) is 45.0 Å². The number of hydrogen-bond donors (Lipinski definition) is 1. The molecule has 0 bridgehead atoms. The SMILES string of the molecule is CC(C)COC(C)c1noc(CN2CCC(CO)C2)n1. The van der Waals surface area contributed by atoms with E-state index in [4.69, 9.17) is 14.4 Å². The molecule has 0 aromatic carbocycles. The molecule has 1 saturated heterocycles. The molecule has 6 nitrogen and oxygen atoms in total. The van der Waals surface area contributed by atoms with Crippen molar-refractivity contribution >= 4 is 0 Å². The highest BCUT2D eigenvalue weighted by Gasteiger charge is 2.24. The minimum absolute atomic E-state index is 0.140. The molecule has 114 valence electrons. The molecule has 0 aliphatic carbocycles. The first-order valence-electron chi connectivity index (χ1n) is 7.35. The van der Waals surface area contributed by atoms with Crippen molar-refractivity contribution in [2.45, 2.75) is 39.8 Å². The van der Waals surface area contributed by atoms with Crippen molar-refractivity contribution < 1.29 is 14.4 Å². The minimum atomic E-state index is -0.140. The first kappa shape index (κ1) is 15.4. The van der Waals surface area contributed by atoms with Gasteiger partial charge < -0.3 is 14.4 Å². The van der Waals surface area contributed by atoms with Gasteiger partial charge in [-0.05, 0) is 31.7 Å². The summed E-state index contributed by atoms with van der Waals surface area (Å²) in [4.78, 5) is 6.63. The molecule has 1 fully saturated rings. The van der Waals surface area contributed by atoms with E-state index in [1.165, 1.54) is 0 Å². The third-order valence-corrected chi connectivity index (χ3v) is 3.51. The Labute approximate surface area is 120 Å². The van der Waals surface area contributed by atoms with Gasteiger partial charge in [0.25, 0.3) is 0 Å². The summed E-state index contributed by atoms with van der Waals surface area (Å²) in [7, 11) is 0. The van der Waals surface area contributed by atoms with Gasteiger partial charge in [-0.15, -0.1) is 0 Å². The van der Waals surface area contributed by atoms with Crippen molar-refractivity contribution in [2.24, 2.45) is 11.8 Å². The summed E-state index contributed by atoms with van der Waals surface area (Å²) >= 11 is 0. The van der Waals surface area contributed by atoms with Crippen LogP contribution in [0.4, 0.5) is 0 Å². The Kier molecular flexibility index (Phi) is 5.51. The van der Waals surface area contributed by atoms with Gasteiger partial charge in [0.1, 0.15) is 6.10 Å².